The van der Waals surface area contributed by atoms with E-state index in [4.69, 9.17) is 4.74 Å². The van der Waals surface area contributed by atoms with E-state index in [0.717, 1.165) is 4.31 Å². The minimum Gasteiger partial charge on any atom is -0.495 e. The van der Waals surface area contributed by atoms with Gasteiger partial charge in [0.2, 0.25) is 0 Å². The predicted molar refractivity (Wildman–Crippen MR) is 93.6 cm³/mol. The molecule has 2 aromatic carbocycles. The van der Waals surface area contributed by atoms with E-state index < -0.39 is 10.2 Å². The quantitative estimate of drug-likeness (QED) is 0.837. The molecule has 1 amide bonds. The monoisotopic (exact) mass is 349 g/mol. The predicted octanol–water partition coefficient (Wildman–Crippen LogP) is 2.17. The van der Waals surface area contributed by atoms with Gasteiger partial charge in [0.25, 0.3) is 5.91 Å². The molecule has 0 heterocycles. The third-order valence-corrected chi connectivity index (χ3v) is 4.68. The van der Waals surface area contributed by atoms with Gasteiger partial charge in [-0.2, -0.15) is 12.7 Å². The Bertz CT molecular complexity index is 817. The molecule has 0 aliphatic rings. The van der Waals surface area contributed by atoms with Crippen LogP contribution in [0.15, 0.2) is 48.5 Å². The van der Waals surface area contributed by atoms with Crippen molar-refractivity contribution in [2.24, 2.45) is 0 Å². The lowest BCUT2D eigenvalue weighted by molar-refractivity contribution is 0.102. The first kappa shape index (κ1) is 17.8. The highest BCUT2D eigenvalue weighted by Gasteiger charge is 2.14. The van der Waals surface area contributed by atoms with Crippen LogP contribution >= 0.6 is 0 Å². The second-order valence-corrected chi connectivity index (χ2v) is 7.01. The Hall–Kier alpha value is -2.58. The molecule has 0 aliphatic heterocycles. The fraction of sp³-hybridized carbons (Fsp3) is 0.188. The minimum absolute atomic E-state index is 0.318. The number of carbonyl (C=O) groups is 1. The third kappa shape index (κ3) is 4.24. The van der Waals surface area contributed by atoms with Crippen molar-refractivity contribution in [2.45, 2.75) is 0 Å². The van der Waals surface area contributed by atoms with Gasteiger partial charge in [-0.05, 0) is 36.4 Å². The Kier molecular flexibility index (Phi) is 5.42. The van der Waals surface area contributed by atoms with Crippen LogP contribution in [0.3, 0.4) is 0 Å². The summed E-state index contributed by atoms with van der Waals surface area (Å²) in [6.45, 7) is 0. The van der Waals surface area contributed by atoms with Crippen molar-refractivity contribution in [2.75, 3.05) is 31.2 Å². The molecule has 0 bridgehead atoms. The van der Waals surface area contributed by atoms with Crippen LogP contribution in [0.2, 0.25) is 0 Å². The molecule has 2 N–H and O–H groups in total. The smallest absolute Gasteiger partial charge is 0.301 e. The Morgan fingerprint density at radius 2 is 1.67 bits per heavy atom. The summed E-state index contributed by atoms with van der Waals surface area (Å²) in [4.78, 5) is 12.3. The molecule has 0 aliphatic carbocycles. The molecule has 0 fully saturated rings. The Morgan fingerprint density at radius 1 is 1.04 bits per heavy atom. The summed E-state index contributed by atoms with van der Waals surface area (Å²) in [6.07, 6.45) is 0. The summed E-state index contributed by atoms with van der Waals surface area (Å²) in [5.74, 6) is 0.239. The van der Waals surface area contributed by atoms with Gasteiger partial charge in [0.1, 0.15) is 5.75 Å². The van der Waals surface area contributed by atoms with Crippen LogP contribution in [-0.4, -0.2) is 39.8 Å². The maximum Gasteiger partial charge on any atom is 0.301 e. The SMILES string of the molecule is COc1ccccc1NC(=O)c1ccc(NS(=O)(=O)N(C)C)cc1. The highest BCUT2D eigenvalue weighted by Crippen LogP contribution is 2.24. The van der Waals surface area contributed by atoms with Gasteiger partial charge in [0.15, 0.2) is 0 Å². The van der Waals surface area contributed by atoms with E-state index in [9.17, 15) is 13.2 Å². The Balaban J connectivity index is 2.12. The van der Waals surface area contributed by atoms with Crippen molar-refractivity contribution >= 4 is 27.5 Å². The Morgan fingerprint density at radius 3 is 2.25 bits per heavy atom. The van der Waals surface area contributed by atoms with Crippen LogP contribution in [0.5, 0.6) is 5.75 Å². The maximum absolute atomic E-state index is 12.3. The van der Waals surface area contributed by atoms with Gasteiger partial charge in [-0.3, -0.25) is 9.52 Å². The molecule has 0 atom stereocenters. The largest absolute Gasteiger partial charge is 0.495 e. The van der Waals surface area contributed by atoms with Crippen LogP contribution in [0, 0.1) is 0 Å². The van der Waals surface area contributed by atoms with E-state index in [1.54, 1.807) is 24.3 Å². The molecular weight excluding hydrogens is 330 g/mol. The fourth-order valence-corrected chi connectivity index (χ4v) is 2.49. The van der Waals surface area contributed by atoms with Gasteiger partial charge in [-0.15, -0.1) is 0 Å². The first-order valence-corrected chi connectivity index (χ1v) is 8.52. The molecule has 0 unspecified atom stereocenters. The summed E-state index contributed by atoms with van der Waals surface area (Å²) >= 11 is 0. The number of benzene rings is 2. The number of nitrogens with zero attached hydrogens (tertiary/aromatic N) is 1. The number of ether oxygens (including phenoxy) is 1. The van der Waals surface area contributed by atoms with Crippen molar-refractivity contribution in [3.8, 4) is 5.75 Å². The van der Waals surface area contributed by atoms with E-state index in [1.807, 2.05) is 0 Å². The van der Waals surface area contributed by atoms with Gasteiger partial charge in [0.05, 0.1) is 12.8 Å². The van der Waals surface area contributed by atoms with Gasteiger partial charge in [-0.25, -0.2) is 0 Å². The van der Waals surface area contributed by atoms with E-state index in [2.05, 4.69) is 10.0 Å². The van der Waals surface area contributed by atoms with Gasteiger partial charge >= 0.3 is 10.2 Å². The summed E-state index contributed by atoms with van der Waals surface area (Å²) in [7, 11) is 0.805. The molecule has 2 aromatic rings. The fourth-order valence-electron chi connectivity index (χ4n) is 1.87. The summed E-state index contributed by atoms with van der Waals surface area (Å²) in [6, 6.07) is 13.2. The van der Waals surface area contributed by atoms with E-state index >= 15 is 0 Å². The van der Waals surface area contributed by atoms with Crippen molar-refractivity contribution in [1.82, 2.24) is 4.31 Å². The zero-order valence-corrected chi connectivity index (χ0v) is 14.4. The molecule has 0 saturated carbocycles. The molecule has 2 rings (SSSR count). The number of carbonyl (C=O) groups excluding carboxylic acids is 1. The second kappa shape index (κ2) is 7.33. The summed E-state index contributed by atoms with van der Waals surface area (Å²) in [5, 5.41) is 2.75. The first-order valence-electron chi connectivity index (χ1n) is 7.08. The number of amides is 1. The van der Waals surface area contributed by atoms with Crippen LogP contribution in [0.4, 0.5) is 11.4 Å². The van der Waals surface area contributed by atoms with Crippen molar-refractivity contribution in [3.05, 3.63) is 54.1 Å². The molecular formula is C16H19N3O4S. The number of para-hydroxylation sites is 2. The number of hydrogen-bond donors (Lipinski definition) is 2. The number of anilines is 2. The van der Waals surface area contributed by atoms with Crippen LogP contribution in [-0.2, 0) is 10.2 Å². The highest BCUT2D eigenvalue weighted by molar-refractivity contribution is 7.90. The Labute approximate surface area is 141 Å². The zero-order chi connectivity index (χ0) is 17.7. The molecule has 0 radical (unpaired) electrons. The van der Waals surface area contributed by atoms with Gasteiger partial charge < -0.3 is 10.1 Å². The van der Waals surface area contributed by atoms with E-state index in [1.165, 1.54) is 45.5 Å². The van der Waals surface area contributed by atoms with Gasteiger partial charge in [0, 0.05) is 25.3 Å². The van der Waals surface area contributed by atoms with Crippen LogP contribution < -0.4 is 14.8 Å². The lowest BCUT2D eigenvalue weighted by atomic mass is 10.2. The van der Waals surface area contributed by atoms with Crippen molar-refractivity contribution < 1.29 is 17.9 Å². The minimum atomic E-state index is -3.58. The number of hydrogen-bond acceptors (Lipinski definition) is 4. The van der Waals surface area contributed by atoms with Crippen molar-refractivity contribution in [1.29, 1.82) is 0 Å². The van der Waals surface area contributed by atoms with Crippen LogP contribution in [0.1, 0.15) is 10.4 Å². The molecule has 7 nitrogen and oxygen atoms in total. The normalized spacial score (nSPS) is 11.2. The van der Waals surface area contributed by atoms with E-state index in [0.29, 0.717) is 22.7 Å². The van der Waals surface area contributed by atoms with E-state index in [-0.39, 0.29) is 5.91 Å². The highest BCUT2D eigenvalue weighted by atomic mass is 32.2. The number of methoxy groups -OCH3 is 1. The topological polar surface area (TPSA) is 87.7 Å². The van der Waals surface area contributed by atoms with Crippen molar-refractivity contribution in [3.63, 3.8) is 0 Å². The first-order chi connectivity index (χ1) is 11.3. The molecule has 24 heavy (non-hydrogen) atoms. The van der Waals surface area contributed by atoms with Crippen LogP contribution in [0.25, 0.3) is 0 Å². The molecule has 128 valence electrons. The third-order valence-electron chi connectivity index (χ3n) is 3.23. The summed E-state index contributed by atoms with van der Waals surface area (Å²) < 4.78 is 32.1. The second-order valence-electron chi connectivity index (χ2n) is 5.12. The molecule has 0 spiro atoms. The lowest BCUT2D eigenvalue weighted by Gasteiger charge is -2.13. The average molecular weight is 349 g/mol. The standard InChI is InChI=1S/C16H19N3O4S/c1-19(2)24(21,22)18-13-10-8-12(9-11-13)16(20)17-14-6-4-5-7-15(14)23-3/h4-11,18H,1-3H3,(H,17,20). The van der Waals surface area contributed by atoms with Gasteiger partial charge in [-0.1, -0.05) is 12.1 Å². The maximum atomic E-state index is 12.3. The summed E-state index contributed by atoms with van der Waals surface area (Å²) in [5.41, 5.74) is 1.33. The molecule has 0 aromatic heterocycles. The average Bonchev–Trinajstić information content (AvgIpc) is 2.55. The number of rotatable bonds is 6. The molecule has 8 heteroatoms. The zero-order valence-electron chi connectivity index (χ0n) is 13.6. The number of nitrogens with one attached hydrogen (secondary N) is 2. The lowest BCUT2D eigenvalue weighted by Crippen LogP contribution is -2.28. The molecule has 0 saturated heterocycles.